The highest BCUT2D eigenvalue weighted by molar-refractivity contribution is 7.87. The van der Waals surface area contributed by atoms with Crippen LogP contribution >= 0.6 is 0 Å². The van der Waals surface area contributed by atoms with Gasteiger partial charge in [0.1, 0.15) is 0 Å². The van der Waals surface area contributed by atoms with E-state index in [4.69, 9.17) is 4.55 Å². The van der Waals surface area contributed by atoms with Gasteiger partial charge in [-0.2, -0.15) is 8.42 Å². The molecule has 0 spiro atoms. The summed E-state index contributed by atoms with van der Waals surface area (Å²) >= 11 is 0. The van der Waals surface area contributed by atoms with Crippen LogP contribution in [-0.2, 0) is 19.7 Å². The Hall–Kier alpha value is -1.20. The van der Waals surface area contributed by atoms with Crippen molar-refractivity contribution < 1.29 is 17.8 Å². The Morgan fingerprint density at radius 3 is 2.20 bits per heavy atom. The van der Waals surface area contributed by atoms with Crippen LogP contribution in [0.5, 0.6) is 0 Å². The van der Waals surface area contributed by atoms with Crippen molar-refractivity contribution in [1.82, 2.24) is 0 Å². The zero-order valence-corrected chi connectivity index (χ0v) is 8.99. The third-order valence-electron chi connectivity index (χ3n) is 2.34. The van der Waals surface area contributed by atoms with Crippen molar-refractivity contribution in [3.8, 4) is 0 Å². The first kappa shape index (κ1) is 11.9. The third-order valence-corrected chi connectivity index (χ3v) is 3.83. The fourth-order valence-electron chi connectivity index (χ4n) is 1.43. The predicted molar refractivity (Wildman–Crippen MR) is 55.7 cm³/mol. The van der Waals surface area contributed by atoms with Gasteiger partial charge in [-0.1, -0.05) is 37.3 Å². The van der Waals surface area contributed by atoms with Crippen molar-refractivity contribution in [2.75, 3.05) is 0 Å². The van der Waals surface area contributed by atoms with Crippen molar-refractivity contribution >= 4 is 16.4 Å². The van der Waals surface area contributed by atoms with Crippen LogP contribution in [0.4, 0.5) is 0 Å². The number of hydrogen-bond donors (Lipinski definition) is 1. The van der Waals surface area contributed by atoms with Gasteiger partial charge in [0.05, 0.1) is 0 Å². The highest BCUT2D eigenvalue weighted by Gasteiger charge is 2.44. The summed E-state index contributed by atoms with van der Waals surface area (Å²) in [5, 5.41) is 0. The molecule has 15 heavy (non-hydrogen) atoms. The molecule has 1 N–H and O–H groups in total. The molecule has 1 rings (SSSR count). The normalized spacial score (nSPS) is 15.6. The van der Waals surface area contributed by atoms with Crippen LogP contribution < -0.4 is 0 Å². The van der Waals surface area contributed by atoms with Gasteiger partial charge < -0.3 is 0 Å². The molecule has 0 amide bonds. The Kier molecular flexibility index (Phi) is 3.26. The lowest BCUT2D eigenvalue weighted by Crippen LogP contribution is -2.36. The summed E-state index contributed by atoms with van der Waals surface area (Å²) in [5.74, 6) is 0. The van der Waals surface area contributed by atoms with E-state index >= 15 is 0 Å². The zero-order valence-electron chi connectivity index (χ0n) is 8.17. The molecule has 1 aromatic carbocycles. The van der Waals surface area contributed by atoms with Crippen molar-refractivity contribution in [2.45, 2.75) is 18.1 Å². The summed E-state index contributed by atoms with van der Waals surface area (Å²) in [7, 11) is -4.50. The molecule has 1 unspecified atom stereocenters. The van der Waals surface area contributed by atoms with E-state index in [-0.39, 0.29) is 12.0 Å². The minimum atomic E-state index is -4.50. The molecule has 0 bridgehead atoms. The second kappa shape index (κ2) is 4.12. The van der Waals surface area contributed by atoms with E-state index in [1.165, 1.54) is 25.3 Å². The first-order valence-corrected chi connectivity index (χ1v) is 5.84. The minimum Gasteiger partial charge on any atom is -0.289 e. The van der Waals surface area contributed by atoms with Crippen molar-refractivity contribution in [1.29, 1.82) is 0 Å². The quantitative estimate of drug-likeness (QED) is 0.787. The SMILES string of the molecule is CCC([C]=O)(c1ccccc1)S(=O)(=O)O. The first-order valence-electron chi connectivity index (χ1n) is 4.40. The Balaban J connectivity index is 3.44. The number of carbonyl (C=O) groups excluding carboxylic acids is 1. The molecular formula is C10H11O4S. The largest absolute Gasteiger partial charge is 0.289 e. The lowest BCUT2D eigenvalue weighted by atomic mass is 9.97. The molecule has 4 nitrogen and oxygen atoms in total. The molecule has 1 aromatic rings. The van der Waals surface area contributed by atoms with Crippen molar-refractivity contribution in [2.24, 2.45) is 0 Å². The lowest BCUT2D eigenvalue weighted by Gasteiger charge is -2.22. The molecule has 0 saturated heterocycles. The Bertz CT molecular complexity index is 438. The summed E-state index contributed by atoms with van der Waals surface area (Å²) in [6.07, 6.45) is 1.38. The fraction of sp³-hybridized carbons (Fsp3) is 0.300. The van der Waals surface area contributed by atoms with E-state index in [1.807, 2.05) is 0 Å². The third kappa shape index (κ3) is 1.93. The molecule has 0 aliphatic heterocycles. The van der Waals surface area contributed by atoms with Gasteiger partial charge in [-0.15, -0.1) is 0 Å². The zero-order chi connectivity index (χ0) is 11.5. The lowest BCUT2D eigenvalue weighted by molar-refractivity contribution is 0.441. The van der Waals surface area contributed by atoms with Crippen molar-refractivity contribution in [3.63, 3.8) is 0 Å². The average molecular weight is 227 g/mol. The molecule has 1 radical (unpaired) electrons. The van der Waals surface area contributed by atoms with E-state index in [0.29, 0.717) is 0 Å². The molecule has 0 aromatic heterocycles. The number of benzene rings is 1. The molecular weight excluding hydrogens is 216 g/mol. The van der Waals surface area contributed by atoms with Gasteiger partial charge in [-0.05, 0) is 12.0 Å². The summed E-state index contributed by atoms with van der Waals surface area (Å²) in [6, 6.07) is 7.84. The fourth-order valence-corrected chi connectivity index (χ4v) is 2.33. The molecule has 0 aliphatic carbocycles. The monoisotopic (exact) mass is 227 g/mol. The summed E-state index contributed by atoms with van der Waals surface area (Å²) in [4.78, 5) is 10.8. The first-order chi connectivity index (χ1) is 6.98. The van der Waals surface area contributed by atoms with E-state index in [2.05, 4.69) is 0 Å². The Morgan fingerprint density at radius 2 is 1.87 bits per heavy atom. The molecule has 0 aliphatic rings. The maximum absolute atomic E-state index is 11.2. The Morgan fingerprint density at radius 1 is 1.33 bits per heavy atom. The second-order valence-electron chi connectivity index (χ2n) is 3.12. The molecule has 0 saturated carbocycles. The topological polar surface area (TPSA) is 71.4 Å². The maximum Gasteiger partial charge on any atom is 0.282 e. The van der Waals surface area contributed by atoms with Crippen LogP contribution in [-0.4, -0.2) is 19.3 Å². The van der Waals surface area contributed by atoms with Gasteiger partial charge in [0.15, 0.2) is 4.75 Å². The van der Waals surface area contributed by atoms with E-state index in [1.54, 1.807) is 18.2 Å². The standard InChI is InChI=1S/C10H11O4S/c1-2-10(8-11,15(12,13)14)9-6-4-3-5-7-9/h3-7H,2H2,1H3,(H,12,13,14). The van der Waals surface area contributed by atoms with Gasteiger partial charge >= 0.3 is 0 Å². The van der Waals surface area contributed by atoms with E-state index in [0.717, 1.165) is 0 Å². The summed E-state index contributed by atoms with van der Waals surface area (Å²) in [6.45, 7) is 1.51. The predicted octanol–water partition coefficient (Wildman–Crippen LogP) is 1.29. The molecule has 0 fully saturated rings. The highest BCUT2D eigenvalue weighted by Crippen LogP contribution is 2.30. The molecule has 0 heterocycles. The van der Waals surface area contributed by atoms with Gasteiger partial charge in [-0.25, -0.2) is 0 Å². The van der Waals surface area contributed by atoms with Crippen LogP contribution in [0.3, 0.4) is 0 Å². The van der Waals surface area contributed by atoms with Gasteiger partial charge in [0, 0.05) is 0 Å². The van der Waals surface area contributed by atoms with Crippen LogP contribution in [0.2, 0.25) is 0 Å². The minimum absolute atomic E-state index is 0.0562. The highest BCUT2D eigenvalue weighted by atomic mass is 32.2. The van der Waals surface area contributed by atoms with Gasteiger partial charge in [0.25, 0.3) is 10.1 Å². The maximum atomic E-state index is 11.2. The van der Waals surface area contributed by atoms with Crippen LogP contribution in [0, 0.1) is 0 Å². The summed E-state index contributed by atoms with van der Waals surface area (Å²) in [5.41, 5.74) is 0.227. The molecule has 81 valence electrons. The van der Waals surface area contributed by atoms with Crippen LogP contribution in [0.15, 0.2) is 30.3 Å². The van der Waals surface area contributed by atoms with E-state index < -0.39 is 14.9 Å². The molecule has 5 heteroatoms. The van der Waals surface area contributed by atoms with Crippen molar-refractivity contribution in [3.05, 3.63) is 35.9 Å². The number of rotatable bonds is 4. The van der Waals surface area contributed by atoms with Crippen LogP contribution in [0.25, 0.3) is 0 Å². The average Bonchev–Trinajstić information content (AvgIpc) is 2.20. The van der Waals surface area contributed by atoms with E-state index in [9.17, 15) is 13.2 Å². The molecule has 1 atom stereocenters. The van der Waals surface area contributed by atoms with Gasteiger partial charge in [0.2, 0.25) is 6.29 Å². The second-order valence-corrected chi connectivity index (χ2v) is 4.77. The van der Waals surface area contributed by atoms with Gasteiger partial charge in [-0.3, -0.25) is 9.35 Å². The Labute approximate surface area is 88.7 Å². The number of hydrogen-bond acceptors (Lipinski definition) is 3. The van der Waals surface area contributed by atoms with Crippen LogP contribution in [0.1, 0.15) is 18.9 Å². The smallest absolute Gasteiger partial charge is 0.282 e. The summed E-state index contributed by atoms with van der Waals surface area (Å²) < 4.78 is 29.5.